The highest BCUT2D eigenvalue weighted by Crippen LogP contribution is 2.48. The highest BCUT2D eigenvalue weighted by Gasteiger charge is 2.36. The fourth-order valence-electron chi connectivity index (χ4n) is 6.42. The van der Waals surface area contributed by atoms with Crippen molar-refractivity contribution < 1.29 is 22.7 Å². The van der Waals surface area contributed by atoms with Gasteiger partial charge in [-0.2, -0.15) is 4.39 Å². The summed E-state index contributed by atoms with van der Waals surface area (Å²) in [5.41, 5.74) is 0.837. The number of allylic oxidation sites excluding steroid dienone is 4. The third kappa shape index (κ3) is 6.78. The number of hydrogen-bond acceptors (Lipinski definition) is 2. The molecule has 0 saturated heterocycles. The Morgan fingerprint density at radius 1 is 0.895 bits per heavy atom. The maximum Gasteiger partial charge on any atom is 0.343 e. The molecule has 2 aliphatic rings. The van der Waals surface area contributed by atoms with Crippen molar-refractivity contribution in [2.24, 2.45) is 17.8 Å². The van der Waals surface area contributed by atoms with Crippen LogP contribution in [0.2, 0.25) is 0 Å². The highest BCUT2D eigenvalue weighted by atomic mass is 19.2. The molecule has 38 heavy (non-hydrogen) atoms. The Balaban J connectivity index is 1.37. The second-order valence-corrected chi connectivity index (χ2v) is 10.9. The van der Waals surface area contributed by atoms with Crippen LogP contribution < -0.4 is 4.74 Å². The first kappa shape index (κ1) is 28.2. The van der Waals surface area contributed by atoms with Gasteiger partial charge in [0, 0.05) is 0 Å². The van der Waals surface area contributed by atoms with E-state index in [1.807, 2.05) is 19.1 Å². The molecule has 0 spiro atoms. The van der Waals surface area contributed by atoms with Crippen molar-refractivity contribution in [3.63, 3.8) is 0 Å². The van der Waals surface area contributed by atoms with Crippen molar-refractivity contribution in [2.75, 3.05) is 0 Å². The van der Waals surface area contributed by atoms with Crippen LogP contribution in [0.3, 0.4) is 0 Å². The minimum absolute atomic E-state index is 0.0152. The minimum atomic E-state index is -1.21. The van der Waals surface area contributed by atoms with E-state index in [-0.39, 0.29) is 17.0 Å². The predicted molar refractivity (Wildman–Crippen MR) is 146 cm³/mol. The molecule has 0 radical (unpaired) electrons. The van der Waals surface area contributed by atoms with Crippen molar-refractivity contribution in [3.05, 3.63) is 88.8 Å². The summed E-state index contributed by atoms with van der Waals surface area (Å²) in [6.45, 7) is 3.93. The predicted octanol–water partition coefficient (Wildman–Crippen LogP) is 9.49. The number of rotatable bonds is 9. The zero-order valence-electron chi connectivity index (χ0n) is 22.5. The van der Waals surface area contributed by atoms with Crippen LogP contribution in [-0.2, 0) is 6.42 Å². The van der Waals surface area contributed by atoms with Gasteiger partial charge in [0.2, 0.25) is 5.82 Å². The first-order valence-electron chi connectivity index (χ1n) is 14.1. The summed E-state index contributed by atoms with van der Waals surface area (Å²) >= 11 is 0. The Hall–Kier alpha value is -2.82. The van der Waals surface area contributed by atoms with Gasteiger partial charge in [0.15, 0.2) is 11.6 Å². The van der Waals surface area contributed by atoms with Gasteiger partial charge in [-0.3, -0.25) is 0 Å². The lowest BCUT2D eigenvalue weighted by atomic mass is 9.63. The molecule has 0 bridgehead atoms. The van der Waals surface area contributed by atoms with E-state index in [0.717, 1.165) is 37.5 Å². The van der Waals surface area contributed by atoms with Gasteiger partial charge in [-0.15, -0.1) is 0 Å². The SMILES string of the molecule is C/C=C/CCc1ccc(OC(=O)c2ccc(C3CCC4CC(CC/C=C/C)CCC4C3)c(F)c2)c(F)c1F. The number of halogens is 3. The molecule has 5 heteroatoms. The third-order valence-corrected chi connectivity index (χ3v) is 8.52. The van der Waals surface area contributed by atoms with Crippen LogP contribution in [0.5, 0.6) is 5.75 Å². The molecule has 4 rings (SSSR count). The van der Waals surface area contributed by atoms with Gasteiger partial charge >= 0.3 is 5.97 Å². The molecule has 2 saturated carbocycles. The summed E-state index contributed by atoms with van der Waals surface area (Å²) in [5.74, 6) is -1.75. The molecular formula is C33H39F3O2. The molecule has 4 unspecified atom stereocenters. The Bertz CT molecular complexity index is 1170. The zero-order valence-corrected chi connectivity index (χ0v) is 22.5. The van der Waals surface area contributed by atoms with E-state index in [1.165, 1.54) is 49.9 Å². The quantitative estimate of drug-likeness (QED) is 0.185. The zero-order chi connectivity index (χ0) is 27.1. The number of ether oxygens (including phenoxy) is 1. The minimum Gasteiger partial charge on any atom is -0.420 e. The molecule has 0 aromatic heterocycles. The van der Waals surface area contributed by atoms with Crippen LogP contribution in [0.4, 0.5) is 13.2 Å². The fraction of sp³-hybridized carbons (Fsp3) is 0.485. The lowest BCUT2D eigenvalue weighted by Gasteiger charge is -2.42. The lowest BCUT2D eigenvalue weighted by molar-refractivity contribution is 0.0726. The standard InChI is InChI=1S/C33H39F3O2/c1-3-5-7-9-22-11-12-25-20-26(14-13-24(25)19-22)28-17-15-27(21-29(28)34)33(37)38-30-18-16-23(10-8-6-4-2)31(35)32(30)36/h3-6,15-18,21-22,24-26H,7-14,19-20H2,1-2H3/b5-3+,6-4+. The molecule has 2 fully saturated rings. The van der Waals surface area contributed by atoms with Gasteiger partial charge in [0.05, 0.1) is 5.56 Å². The molecule has 204 valence electrons. The largest absolute Gasteiger partial charge is 0.420 e. The number of carbonyl (C=O) groups excluding carboxylic acids is 1. The maximum absolute atomic E-state index is 15.2. The molecule has 0 aliphatic heterocycles. The lowest BCUT2D eigenvalue weighted by Crippen LogP contribution is -2.30. The van der Waals surface area contributed by atoms with Crippen LogP contribution in [0, 0.1) is 35.2 Å². The van der Waals surface area contributed by atoms with E-state index in [2.05, 4.69) is 19.1 Å². The monoisotopic (exact) mass is 524 g/mol. The second-order valence-electron chi connectivity index (χ2n) is 10.9. The summed E-state index contributed by atoms with van der Waals surface area (Å²) in [5, 5.41) is 0. The second kappa shape index (κ2) is 13.3. The van der Waals surface area contributed by atoms with Gasteiger partial charge in [-0.25, -0.2) is 13.6 Å². The van der Waals surface area contributed by atoms with Crippen molar-refractivity contribution >= 4 is 5.97 Å². The molecular weight excluding hydrogens is 485 g/mol. The molecule has 2 nitrogen and oxygen atoms in total. The average Bonchev–Trinajstić information content (AvgIpc) is 2.92. The topological polar surface area (TPSA) is 26.3 Å². The molecule has 4 atom stereocenters. The normalized spacial score (nSPS) is 23.6. The van der Waals surface area contributed by atoms with Crippen molar-refractivity contribution in [3.8, 4) is 5.75 Å². The third-order valence-electron chi connectivity index (χ3n) is 8.52. The molecule has 2 aromatic carbocycles. The van der Waals surface area contributed by atoms with Crippen LogP contribution >= 0.6 is 0 Å². The van der Waals surface area contributed by atoms with E-state index in [4.69, 9.17) is 4.74 Å². The number of esters is 1. The number of fused-ring (bicyclic) bond motifs is 1. The van der Waals surface area contributed by atoms with Gasteiger partial charge in [-0.05, 0) is 125 Å². The van der Waals surface area contributed by atoms with Gasteiger partial charge in [-0.1, -0.05) is 42.9 Å². The van der Waals surface area contributed by atoms with Crippen molar-refractivity contribution in [1.29, 1.82) is 0 Å². The first-order valence-corrected chi connectivity index (χ1v) is 14.1. The Kier molecular flexibility index (Phi) is 9.87. The summed E-state index contributed by atoms with van der Waals surface area (Å²) in [6.07, 6.45) is 18.2. The summed E-state index contributed by atoms with van der Waals surface area (Å²) in [6, 6.07) is 7.03. The number of benzene rings is 2. The van der Waals surface area contributed by atoms with E-state index >= 15 is 4.39 Å². The molecule has 2 aromatic rings. The fourth-order valence-corrected chi connectivity index (χ4v) is 6.42. The van der Waals surface area contributed by atoms with Gasteiger partial charge < -0.3 is 4.74 Å². The number of hydrogen-bond donors (Lipinski definition) is 0. The molecule has 0 amide bonds. The van der Waals surface area contributed by atoms with E-state index in [9.17, 15) is 13.6 Å². The smallest absolute Gasteiger partial charge is 0.343 e. The van der Waals surface area contributed by atoms with Crippen molar-refractivity contribution in [2.45, 2.75) is 84.0 Å². The molecule has 2 aliphatic carbocycles. The van der Waals surface area contributed by atoms with Crippen LogP contribution in [0.1, 0.15) is 99.0 Å². The van der Waals surface area contributed by atoms with Crippen LogP contribution in [0.25, 0.3) is 0 Å². The summed E-state index contributed by atoms with van der Waals surface area (Å²) in [4.78, 5) is 12.6. The van der Waals surface area contributed by atoms with Crippen molar-refractivity contribution in [1.82, 2.24) is 0 Å². The van der Waals surface area contributed by atoms with Crippen LogP contribution in [0.15, 0.2) is 54.6 Å². The molecule has 0 heterocycles. The molecule has 0 N–H and O–H groups in total. The van der Waals surface area contributed by atoms with Crippen LogP contribution in [-0.4, -0.2) is 5.97 Å². The first-order chi connectivity index (χ1) is 18.4. The highest BCUT2D eigenvalue weighted by molar-refractivity contribution is 5.91. The van der Waals surface area contributed by atoms with E-state index in [1.54, 1.807) is 6.07 Å². The van der Waals surface area contributed by atoms with Gasteiger partial charge in [0.25, 0.3) is 0 Å². The van der Waals surface area contributed by atoms with E-state index in [0.29, 0.717) is 24.3 Å². The Labute approximate surface area is 225 Å². The maximum atomic E-state index is 15.2. The Morgan fingerprint density at radius 2 is 1.63 bits per heavy atom. The number of aryl methyl sites for hydroxylation is 1. The number of carbonyl (C=O) groups is 1. The van der Waals surface area contributed by atoms with E-state index < -0.39 is 29.2 Å². The van der Waals surface area contributed by atoms with Gasteiger partial charge in [0.1, 0.15) is 5.82 Å². The Morgan fingerprint density at radius 3 is 2.39 bits per heavy atom. The summed E-state index contributed by atoms with van der Waals surface area (Å²) < 4.78 is 49.2. The average molecular weight is 525 g/mol. The summed E-state index contributed by atoms with van der Waals surface area (Å²) in [7, 11) is 0.